The van der Waals surface area contributed by atoms with Gasteiger partial charge in [-0.15, -0.1) is 0 Å². The van der Waals surface area contributed by atoms with E-state index in [1.807, 2.05) is 0 Å². The van der Waals surface area contributed by atoms with Crippen molar-refractivity contribution in [3.8, 4) is 135 Å². The Bertz CT molecular complexity index is 4720. The molecular formula is C80H50N8. The number of hydrogen-bond donors (Lipinski definition) is 2. The van der Waals surface area contributed by atoms with Gasteiger partial charge in [-0.05, 0) is 89.0 Å². The molecule has 15 aromatic rings. The molecule has 17 rings (SSSR count). The van der Waals surface area contributed by atoms with E-state index in [-0.39, 0.29) is 0 Å². The molecule has 0 saturated heterocycles. The van der Waals surface area contributed by atoms with Crippen LogP contribution in [-0.4, -0.2) is 39.9 Å². The molecule has 0 atom stereocenters. The molecule has 5 heterocycles. The van der Waals surface area contributed by atoms with Crippen LogP contribution < -0.4 is 0 Å². The highest BCUT2D eigenvalue weighted by molar-refractivity contribution is 6.20. The van der Waals surface area contributed by atoms with Gasteiger partial charge in [0.15, 0.2) is 23.3 Å². The maximum atomic E-state index is 5.89. The number of nitrogens with zero attached hydrogens (tertiary/aromatic N) is 6. The zero-order chi connectivity index (χ0) is 58.1. The van der Waals surface area contributed by atoms with Crippen molar-refractivity contribution in [2.45, 2.75) is 0 Å². The first kappa shape index (κ1) is 50.5. The molecule has 0 fully saturated rings. The first-order valence-electron chi connectivity index (χ1n) is 29.6. The predicted octanol–water partition coefficient (Wildman–Crippen LogP) is 20.2. The van der Waals surface area contributed by atoms with E-state index < -0.39 is 0 Å². The Morgan fingerprint density at radius 1 is 0.159 bits per heavy atom. The number of H-pyrrole nitrogens is 2. The maximum Gasteiger partial charge on any atom is 0.165 e. The molecule has 12 aromatic carbocycles. The van der Waals surface area contributed by atoms with Crippen LogP contribution in [0.4, 0.5) is 0 Å². The molecule has 410 valence electrons. The van der Waals surface area contributed by atoms with Gasteiger partial charge < -0.3 is 9.97 Å². The van der Waals surface area contributed by atoms with E-state index in [1.54, 1.807) is 0 Å². The Kier molecular flexibility index (Phi) is 12.0. The number of rotatable bonds is 8. The van der Waals surface area contributed by atoms with Crippen molar-refractivity contribution in [1.82, 2.24) is 39.9 Å². The van der Waals surface area contributed by atoms with Gasteiger partial charge in [0.2, 0.25) is 0 Å². The molecule has 88 heavy (non-hydrogen) atoms. The quantitative estimate of drug-likeness (QED) is 0.157. The molecule has 2 aliphatic rings. The molecule has 3 aromatic heterocycles. The summed E-state index contributed by atoms with van der Waals surface area (Å²) in [6.45, 7) is 0. The maximum absolute atomic E-state index is 5.89. The Morgan fingerprint density at radius 2 is 0.318 bits per heavy atom. The highest BCUT2D eigenvalue weighted by atomic mass is 15.1. The molecule has 8 bridgehead atoms. The van der Waals surface area contributed by atoms with Gasteiger partial charge in [0.25, 0.3) is 0 Å². The van der Waals surface area contributed by atoms with Gasteiger partial charge in [-0.3, -0.25) is 0 Å². The summed E-state index contributed by atoms with van der Waals surface area (Å²) in [5.41, 5.74) is 21.9. The summed E-state index contributed by atoms with van der Waals surface area (Å²) < 4.78 is 0. The molecule has 0 amide bonds. The topological polar surface area (TPSA) is 109 Å². The third-order valence-corrected chi connectivity index (χ3v) is 17.1. The number of benzene rings is 12. The van der Waals surface area contributed by atoms with Gasteiger partial charge in [0.1, 0.15) is 22.6 Å². The summed E-state index contributed by atoms with van der Waals surface area (Å²) in [5.74, 6) is 2.01. The summed E-state index contributed by atoms with van der Waals surface area (Å²) in [4.78, 5) is 42.9. The Morgan fingerprint density at radius 3 is 0.500 bits per heavy atom. The van der Waals surface area contributed by atoms with Gasteiger partial charge in [0, 0.05) is 43.8 Å². The molecule has 0 spiro atoms. The second-order valence-corrected chi connectivity index (χ2v) is 22.2. The van der Waals surface area contributed by atoms with Crippen molar-refractivity contribution >= 4 is 44.1 Å². The van der Waals surface area contributed by atoms with E-state index in [1.165, 1.54) is 0 Å². The zero-order valence-corrected chi connectivity index (χ0v) is 47.4. The highest BCUT2D eigenvalue weighted by Crippen LogP contribution is 2.51. The van der Waals surface area contributed by atoms with Crippen LogP contribution in [0, 0.1) is 0 Å². The summed E-state index contributed by atoms with van der Waals surface area (Å²) in [7, 11) is 0. The highest BCUT2D eigenvalue weighted by Gasteiger charge is 2.31. The van der Waals surface area contributed by atoms with Crippen LogP contribution in [0.5, 0.6) is 0 Å². The van der Waals surface area contributed by atoms with Crippen molar-refractivity contribution in [2.75, 3.05) is 0 Å². The van der Waals surface area contributed by atoms with Crippen molar-refractivity contribution in [3.63, 3.8) is 0 Å². The average molecular weight is 1120 g/mol. The normalized spacial score (nSPS) is 11.6. The molecule has 0 unspecified atom stereocenters. The standard InChI is InChI=1S/C80H50N8/c1-9-25-49(26-10-1)57-41-42-58(50-27-11-2-12-28-50)66-65(57)73-81-74(66)86-76-69-61(53-33-17-5-18-34-53)45-46-62(54-35-19-6-20-36-54)70(69)78(83-76)88-80-72-64(56-39-23-8-24-40-56)48-47-63(55-37-21-7-22-38-55)71(72)79(84-80)87-77-68-60(52-31-15-4-16-32-52)44-43-59(51-29-13-3-14-30-51)67(68)75(82-77)85-73/h1-48H,(H2,81,82,83,84,85,86,87,88). The van der Waals surface area contributed by atoms with Crippen molar-refractivity contribution < 1.29 is 0 Å². The van der Waals surface area contributed by atoms with E-state index in [0.717, 1.165) is 133 Å². The smallest absolute Gasteiger partial charge is 0.165 e. The van der Waals surface area contributed by atoms with Crippen LogP contribution in [0.25, 0.3) is 179 Å². The van der Waals surface area contributed by atoms with E-state index >= 15 is 0 Å². The number of aromatic nitrogens is 8. The second-order valence-electron chi connectivity index (χ2n) is 22.2. The van der Waals surface area contributed by atoms with Gasteiger partial charge in [-0.25, -0.2) is 29.9 Å². The minimum absolute atomic E-state index is 0.503. The summed E-state index contributed by atoms with van der Waals surface area (Å²) in [5, 5.41) is 3.56. The van der Waals surface area contributed by atoms with Gasteiger partial charge >= 0.3 is 0 Å². The molecule has 8 nitrogen and oxygen atoms in total. The lowest BCUT2D eigenvalue weighted by atomic mass is 9.89. The average Bonchev–Trinajstić information content (AvgIpc) is 2.21. The summed E-state index contributed by atoms with van der Waals surface area (Å²) in [6.07, 6.45) is 0. The lowest BCUT2D eigenvalue weighted by molar-refractivity contribution is 1.19. The van der Waals surface area contributed by atoms with Gasteiger partial charge in [-0.2, -0.15) is 0 Å². The van der Waals surface area contributed by atoms with Gasteiger partial charge in [-0.1, -0.05) is 291 Å². The second kappa shape index (κ2) is 21.0. The summed E-state index contributed by atoms with van der Waals surface area (Å²) >= 11 is 0. The Hall–Kier alpha value is -12.0. The Labute approximate surface area is 507 Å². The van der Waals surface area contributed by atoms with Crippen molar-refractivity contribution in [2.24, 2.45) is 0 Å². The van der Waals surface area contributed by atoms with Crippen LogP contribution in [0.2, 0.25) is 0 Å². The summed E-state index contributed by atoms with van der Waals surface area (Å²) in [6, 6.07) is 102. The molecule has 0 radical (unpaired) electrons. The van der Waals surface area contributed by atoms with Crippen LogP contribution >= 0.6 is 0 Å². The number of nitrogens with one attached hydrogen (secondary N) is 2. The fourth-order valence-corrected chi connectivity index (χ4v) is 13.2. The number of aromatic amines is 2. The third kappa shape index (κ3) is 8.45. The molecular weight excluding hydrogens is 1070 g/mol. The fraction of sp³-hybridized carbons (Fsp3) is 0. The number of fused-ring (bicyclic) bond motifs is 20. The van der Waals surface area contributed by atoms with E-state index in [4.69, 9.17) is 29.9 Å². The zero-order valence-electron chi connectivity index (χ0n) is 47.4. The molecule has 8 heteroatoms. The fourth-order valence-electron chi connectivity index (χ4n) is 13.2. The lowest BCUT2D eigenvalue weighted by Crippen LogP contribution is -1.92. The molecule has 2 aliphatic heterocycles. The van der Waals surface area contributed by atoms with Crippen LogP contribution in [-0.2, 0) is 0 Å². The van der Waals surface area contributed by atoms with E-state index in [2.05, 4.69) is 301 Å². The molecule has 0 saturated carbocycles. The SMILES string of the molecule is c1ccc(-c2ccc(-c3ccccc3)c3c2-c2nc-3nc3[nH]c(nc4nc(nc5[nH]c(n2)c2c(-c6ccccc6)ccc(-c6ccccc6)c52)-c2c(-c5ccccc5)ccc(-c5ccccc5)c2-4)c2c(-c4ccccc4)ccc(-c4ccccc4)c32)cc1. The Balaban J connectivity index is 1.14. The van der Waals surface area contributed by atoms with Crippen molar-refractivity contribution in [3.05, 3.63) is 291 Å². The monoisotopic (exact) mass is 1120 g/mol. The lowest BCUT2D eigenvalue weighted by Gasteiger charge is -2.14. The van der Waals surface area contributed by atoms with E-state index in [0.29, 0.717) is 45.9 Å². The van der Waals surface area contributed by atoms with Crippen LogP contribution in [0.3, 0.4) is 0 Å². The van der Waals surface area contributed by atoms with E-state index in [9.17, 15) is 0 Å². The predicted molar refractivity (Wildman–Crippen MR) is 360 cm³/mol. The first-order chi connectivity index (χ1) is 43.7. The minimum atomic E-state index is 0.503. The van der Waals surface area contributed by atoms with Crippen LogP contribution in [0.1, 0.15) is 0 Å². The van der Waals surface area contributed by atoms with Crippen molar-refractivity contribution in [1.29, 1.82) is 0 Å². The molecule has 2 N–H and O–H groups in total. The first-order valence-corrected chi connectivity index (χ1v) is 29.6. The largest absolute Gasteiger partial charge is 0.324 e. The van der Waals surface area contributed by atoms with Gasteiger partial charge in [0.05, 0.1) is 0 Å². The van der Waals surface area contributed by atoms with Crippen LogP contribution in [0.15, 0.2) is 291 Å². The minimum Gasteiger partial charge on any atom is -0.324 e. The number of hydrogen-bond acceptors (Lipinski definition) is 6. The molecule has 0 aliphatic carbocycles. The third-order valence-electron chi connectivity index (χ3n) is 17.1.